The predicted octanol–water partition coefficient (Wildman–Crippen LogP) is 1.41. The summed E-state index contributed by atoms with van der Waals surface area (Å²) in [6, 6.07) is 0. The maximum absolute atomic E-state index is 11.8. The molecule has 1 fully saturated rings. The molecule has 0 bridgehead atoms. The van der Waals surface area contributed by atoms with Crippen molar-refractivity contribution < 1.29 is 28.5 Å². The average molecular weight is 274 g/mol. The molecule has 19 heavy (non-hydrogen) atoms. The molecule has 1 saturated heterocycles. The Kier molecular flexibility index (Phi) is 5.75. The molecule has 0 saturated carbocycles. The van der Waals surface area contributed by atoms with Gasteiger partial charge in [0.15, 0.2) is 18.0 Å². The third-order valence-corrected chi connectivity index (χ3v) is 2.77. The Morgan fingerprint density at radius 3 is 1.74 bits per heavy atom. The normalized spacial score (nSPS) is 30.1. The molecule has 1 unspecified atom stereocenters. The fourth-order valence-electron chi connectivity index (χ4n) is 2.05. The lowest BCUT2D eigenvalue weighted by Gasteiger charge is -2.22. The second kappa shape index (κ2) is 6.86. The van der Waals surface area contributed by atoms with Crippen molar-refractivity contribution in [2.45, 2.75) is 58.5 Å². The van der Waals surface area contributed by atoms with E-state index in [1.807, 2.05) is 6.92 Å². The number of rotatable bonds is 6. The minimum atomic E-state index is -1.06. The van der Waals surface area contributed by atoms with Gasteiger partial charge in [-0.05, 0) is 20.8 Å². The zero-order valence-corrected chi connectivity index (χ0v) is 11.9. The van der Waals surface area contributed by atoms with E-state index in [-0.39, 0.29) is 13.2 Å². The Hall–Kier alpha value is -1.14. The van der Waals surface area contributed by atoms with Gasteiger partial charge in [0.2, 0.25) is 0 Å². The molecule has 110 valence electrons. The summed E-state index contributed by atoms with van der Waals surface area (Å²) in [6.07, 6.45) is -0.730. The summed E-state index contributed by atoms with van der Waals surface area (Å²) >= 11 is 0. The molecule has 1 aliphatic rings. The van der Waals surface area contributed by atoms with Crippen molar-refractivity contribution in [1.29, 1.82) is 0 Å². The summed E-state index contributed by atoms with van der Waals surface area (Å²) in [4.78, 5) is 23.6. The molecule has 0 aliphatic carbocycles. The van der Waals surface area contributed by atoms with Gasteiger partial charge in [-0.25, -0.2) is 9.59 Å². The summed E-state index contributed by atoms with van der Waals surface area (Å²) in [7, 11) is 0. The van der Waals surface area contributed by atoms with E-state index in [1.54, 1.807) is 20.8 Å². The van der Waals surface area contributed by atoms with E-state index in [2.05, 4.69) is 0 Å². The number of ether oxygens (including phenoxy) is 4. The van der Waals surface area contributed by atoms with Crippen LogP contribution in [0.3, 0.4) is 0 Å². The molecule has 0 radical (unpaired) electrons. The molecule has 0 amide bonds. The van der Waals surface area contributed by atoms with Gasteiger partial charge < -0.3 is 18.9 Å². The van der Waals surface area contributed by atoms with Crippen molar-refractivity contribution in [2.24, 2.45) is 0 Å². The van der Waals surface area contributed by atoms with Gasteiger partial charge in [0.25, 0.3) is 0 Å². The fourth-order valence-corrected chi connectivity index (χ4v) is 2.05. The van der Waals surface area contributed by atoms with Crippen LogP contribution in [0.4, 0.5) is 0 Å². The number of carbonyl (C=O) groups excluding carboxylic acids is 2. The minimum absolute atomic E-state index is 0.221. The molecule has 0 N–H and O–H groups in total. The van der Waals surface area contributed by atoms with E-state index < -0.39 is 29.9 Å². The molecule has 0 spiro atoms. The molecular formula is C13H22O6. The van der Waals surface area contributed by atoms with Crippen LogP contribution in [0.1, 0.15) is 40.5 Å². The lowest BCUT2D eigenvalue weighted by Crippen LogP contribution is -2.39. The maximum Gasteiger partial charge on any atom is 0.338 e. The highest BCUT2D eigenvalue weighted by Crippen LogP contribution is 2.33. The summed E-state index contributed by atoms with van der Waals surface area (Å²) in [5, 5.41) is 0. The van der Waals surface area contributed by atoms with Gasteiger partial charge in [0.05, 0.1) is 13.2 Å². The minimum Gasteiger partial charge on any atom is -0.464 e. The number of esters is 2. The third kappa shape index (κ3) is 3.91. The smallest absolute Gasteiger partial charge is 0.338 e. The molecule has 3 atom stereocenters. The second-order valence-electron chi connectivity index (χ2n) is 4.46. The van der Waals surface area contributed by atoms with Crippen LogP contribution >= 0.6 is 0 Å². The van der Waals surface area contributed by atoms with Crippen molar-refractivity contribution in [3.8, 4) is 0 Å². The van der Waals surface area contributed by atoms with Gasteiger partial charge in [0, 0.05) is 6.42 Å². The summed E-state index contributed by atoms with van der Waals surface area (Å²) in [5.41, 5.74) is 0. The molecule has 1 aliphatic heterocycles. The van der Waals surface area contributed by atoms with Gasteiger partial charge in [-0.15, -0.1) is 0 Å². The molecule has 1 heterocycles. The van der Waals surface area contributed by atoms with E-state index in [0.29, 0.717) is 6.42 Å². The van der Waals surface area contributed by atoms with E-state index in [4.69, 9.17) is 18.9 Å². The fraction of sp³-hybridized carbons (Fsp3) is 0.846. The highest BCUT2D eigenvalue weighted by atomic mass is 16.8. The van der Waals surface area contributed by atoms with Crippen LogP contribution in [0.5, 0.6) is 0 Å². The summed E-state index contributed by atoms with van der Waals surface area (Å²) in [5.74, 6) is -2.15. The first-order chi connectivity index (χ1) is 8.97. The lowest BCUT2D eigenvalue weighted by atomic mass is 10.2. The van der Waals surface area contributed by atoms with Crippen LogP contribution in [-0.2, 0) is 28.5 Å². The average Bonchev–Trinajstić information content (AvgIpc) is 2.69. The van der Waals surface area contributed by atoms with Crippen LogP contribution in [-0.4, -0.2) is 43.1 Å². The SMILES string of the molecule is CCCC1(C)O[C@H](C(=O)OCC)[C@H](C(=O)OCC)O1. The molecule has 0 aromatic carbocycles. The Balaban J connectivity index is 2.84. The molecule has 1 rings (SSSR count). The lowest BCUT2D eigenvalue weighted by molar-refractivity contribution is -0.183. The second-order valence-corrected chi connectivity index (χ2v) is 4.46. The summed E-state index contributed by atoms with van der Waals surface area (Å²) in [6.45, 7) is 7.51. The Bertz CT molecular complexity index is 301. The Morgan fingerprint density at radius 1 is 1.00 bits per heavy atom. The zero-order chi connectivity index (χ0) is 14.5. The van der Waals surface area contributed by atoms with Crippen LogP contribution in [0.25, 0.3) is 0 Å². The van der Waals surface area contributed by atoms with Gasteiger partial charge in [0.1, 0.15) is 0 Å². The first kappa shape index (κ1) is 15.9. The van der Waals surface area contributed by atoms with Gasteiger partial charge in [-0.1, -0.05) is 13.3 Å². The topological polar surface area (TPSA) is 71.1 Å². The van der Waals surface area contributed by atoms with E-state index >= 15 is 0 Å². The van der Waals surface area contributed by atoms with Gasteiger partial charge >= 0.3 is 11.9 Å². The first-order valence-corrected chi connectivity index (χ1v) is 6.66. The number of carbonyl (C=O) groups is 2. The molecular weight excluding hydrogens is 252 g/mol. The van der Waals surface area contributed by atoms with Crippen LogP contribution in [0.15, 0.2) is 0 Å². The molecule has 6 nitrogen and oxygen atoms in total. The van der Waals surface area contributed by atoms with Gasteiger partial charge in [-0.2, -0.15) is 0 Å². The van der Waals surface area contributed by atoms with Crippen molar-refractivity contribution in [3.05, 3.63) is 0 Å². The maximum atomic E-state index is 11.8. The third-order valence-electron chi connectivity index (χ3n) is 2.77. The van der Waals surface area contributed by atoms with Crippen LogP contribution < -0.4 is 0 Å². The van der Waals surface area contributed by atoms with Crippen molar-refractivity contribution >= 4 is 11.9 Å². The van der Waals surface area contributed by atoms with Gasteiger partial charge in [-0.3, -0.25) is 0 Å². The number of hydrogen-bond donors (Lipinski definition) is 0. The van der Waals surface area contributed by atoms with E-state index in [1.165, 1.54) is 0 Å². The monoisotopic (exact) mass is 274 g/mol. The Morgan fingerprint density at radius 2 is 1.42 bits per heavy atom. The highest BCUT2D eigenvalue weighted by molar-refractivity contribution is 5.86. The predicted molar refractivity (Wildman–Crippen MR) is 66.3 cm³/mol. The van der Waals surface area contributed by atoms with Crippen molar-refractivity contribution in [1.82, 2.24) is 0 Å². The summed E-state index contributed by atoms with van der Waals surface area (Å²) < 4.78 is 21.0. The van der Waals surface area contributed by atoms with Crippen LogP contribution in [0, 0.1) is 0 Å². The van der Waals surface area contributed by atoms with Crippen molar-refractivity contribution in [2.75, 3.05) is 13.2 Å². The van der Waals surface area contributed by atoms with Crippen LogP contribution in [0.2, 0.25) is 0 Å². The quantitative estimate of drug-likeness (QED) is 0.682. The van der Waals surface area contributed by atoms with E-state index in [0.717, 1.165) is 6.42 Å². The zero-order valence-electron chi connectivity index (χ0n) is 11.9. The molecule has 0 aromatic heterocycles. The Labute approximate surface area is 113 Å². The molecule has 6 heteroatoms. The largest absolute Gasteiger partial charge is 0.464 e. The van der Waals surface area contributed by atoms with Crippen molar-refractivity contribution in [3.63, 3.8) is 0 Å². The standard InChI is InChI=1S/C13H22O6/c1-5-8-13(4)18-9(11(14)16-6-2)10(19-13)12(15)17-7-3/h9-10H,5-8H2,1-4H3/t9-,10+,13?. The highest BCUT2D eigenvalue weighted by Gasteiger charge is 2.52. The van der Waals surface area contributed by atoms with E-state index in [9.17, 15) is 9.59 Å². The first-order valence-electron chi connectivity index (χ1n) is 6.66. The molecule has 0 aromatic rings. The number of hydrogen-bond acceptors (Lipinski definition) is 6.